The highest BCUT2D eigenvalue weighted by Crippen LogP contribution is 2.26. The van der Waals surface area contributed by atoms with Crippen molar-refractivity contribution in [2.45, 2.75) is 26.2 Å². The topological polar surface area (TPSA) is 61.5 Å². The molecule has 1 aromatic carbocycles. The number of hydrogen-bond acceptors (Lipinski definition) is 4. The Morgan fingerprint density at radius 2 is 2.21 bits per heavy atom. The Hall–Kier alpha value is -1.07. The van der Waals surface area contributed by atoms with E-state index in [-0.39, 0.29) is 12.6 Å². The van der Waals surface area contributed by atoms with Gasteiger partial charge in [-0.2, -0.15) is 0 Å². The largest absolute Gasteiger partial charge is 0.481 e. The minimum absolute atomic E-state index is 0.0709. The molecule has 19 heavy (non-hydrogen) atoms. The molecule has 0 aliphatic carbocycles. The fraction of sp³-hybridized carbons (Fsp3) is 0.500. The van der Waals surface area contributed by atoms with Crippen LogP contribution in [0.15, 0.2) is 22.7 Å². The van der Waals surface area contributed by atoms with E-state index in [4.69, 9.17) is 15.2 Å². The fourth-order valence-corrected chi connectivity index (χ4v) is 2.03. The Bertz CT molecular complexity index is 410. The van der Waals surface area contributed by atoms with E-state index in [2.05, 4.69) is 15.9 Å². The summed E-state index contributed by atoms with van der Waals surface area (Å²) in [5.74, 6) is 0.291. The lowest BCUT2D eigenvalue weighted by molar-refractivity contribution is -0.146. The summed E-state index contributed by atoms with van der Waals surface area (Å²) < 4.78 is 11.2. The number of unbranched alkanes of at least 4 members (excludes halogenated alkanes) is 1. The molecule has 0 atom stereocenters. The first-order chi connectivity index (χ1) is 9.17. The predicted octanol–water partition coefficient (Wildman–Crippen LogP) is 2.67. The Labute approximate surface area is 122 Å². The van der Waals surface area contributed by atoms with Gasteiger partial charge in [-0.1, -0.05) is 19.4 Å². The van der Waals surface area contributed by atoms with Gasteiger partial charge in [-0.3, -0.25) is 0 Å². The highest BCUT2D eigenvalue weighted by atomic mass is 79.9. The molecule has 1 rings (SSSR count). The molecule has 0 heterocycles. The summed E-state index contributed by atoms with van der Waals surface area (Å²) in [6.07, 6.45) is 2.70. The molecule has 5 heteroatoms. The van der Waals surface area contributed by atoms with E-state index < -0.39 is 0 Å². The zero-order valence-corrected chi connectivity index (χ0v) is 12.7. The number of nitrogens with two attached hydrogens (primary N) is 1. The Morgan fingerprint density at radius 1 is 1.42 bits per heavy atom. The van der Waals surface area contributed by atoms with Crippen molar-refractivity contribution in [3.05, 3.63) is 28.2 Å². The lowest BCUT2D eigenvalue weighted by Crippen LogP contribution is -2.15. The summed E-state index contributed by atoms with van der Waals surface area (Å²) in [5, 5.41) is 0. The summed E-state index contributed by atoms with van der Waals surface area (Å²) in [6.45, 7) is 3.04. The van der Waals surface area contributed by atoms with Crippen molar-refractivity contribution in [1.29, 1.82) is 0 Å². The second kappa shape index (κ2) is 8.93. The van der Waals surface area contributed by atoms with Gasteiger partial charge in [-0.25, -0.2) is 4.79 Å². The third-order valence-corrected chi connectivity index (χ3v) is 3.16. The maximum atomic E-state index is 11.4. The molecule has 0 saturated heterocycles. The first kappa shape index (κ1) is 16.0. The highest BCUT2D eigenvalue weighted by molar-refractivity contribution is 9.10. The molecule has 0 radical (unpaired) electrons. The number of hydrogen-bond donors (Lipinski definition) is 1. The van der Waals surface area contributed by atoms with Crippen LogP contribution < -0.4 is 10.5 Å². The molecular formula is C14H20BrNO3. The zero-order chi connectivity index (χ0) is 14.1. The molecule has 0 aromatic heterocycles. The van der Waals surface area contributed by atoms with Crippen molar-refractivity contribution in [2.75, 3.05) is 19.8 Å². The number of esters is 1. The van der Waals surface area contributed by atoms with Crippen LogP contribution in [0.2, 0.25) is 0 Å². The van der Waals surface area contributed by atoms with Crippen molar-refractivity contribution in [3.63, 3.8) is 0 Å². The Kier molecular flexibility index (Phi) is 7.52. The number of rotatable bonds is 8. The minimum Gasteiger partial charge on any atom is -0.481 e. The van der Waals surface area contributed by atoms with Crippen LogP contribution in [0.25, 0.3) is 0 Å². The Morgan fingerprint density at radius 3 is 2.84 bits per heavy atom. The van der Waals surface area contributed by atoms with E-state index in [1.54, 1.807) is 0 Å². The van der Waals surface area contributed by atoms with E-state index in [9.17, 15) is 4.79 Å². The molecule has 0 bridgehead atoms. The van der Waals surface area contributed by atoms with Gasteiger partial charge < -0.3 is 15.2 Å². The Balaban J connectivity index is 2.42. The van der Waals surface area contributed by atoms with E-state index >= 15 is 0 Å². The molecule has 4 nitrogen and oxygen atoms in total. The highest BCUT2D eigenvalue weighted by Gasteiger charge is 2.07. The maximum absolute atomic E-state index is 11.4. The molecule has 0 saturated carbocycles. The lowest BCUT2D eigenvalue weighted by atomic mass is 10.1. The number of ether oxygens (including phenoxy) is 2. The number of carbonyl (C=O) groups is 1. The van der Waals surface area contributed by atoms with Crippen molar-refractivity contribution >= 4 is 21.9 Å². The number of carbonyl (C=O) groups excluding carboxylic acids is 1. The van der Waals surface area contributed by atoms with Crippen molar-refractivity contribution in [1.82, 2.24) is 0 Å². The standard InChI is InChI=1S/C14H20BrNO3/c1-2-3-8-18-14(17)10-19-13-5-4-11(6-7-16)9-12(13)15/h4-5,9H,2-3,6-8,10,16H2,1H3. The zero-order valence-electron chi connectivity index (χ0n) is 11.2. The normalized spacial score (nSPS) is 10.3. The van der Waals surface area contributed by atoms with E-state index in [0.717, 1.165) is 29.3 Å². The summed E-state index contributed by atoms with van der Waals surface area (Å²) in [6, 6.07) is 5.72. The van der Waals surface area contributed by atoms with Gasteiger partial charge in [0.05, 0.1) is 11.1 Å². The third-order valence-electron chi connectivity index (χ3n) is 2.54. The van der Waals surface area contributed by atoms with Crippen LogP contribution in [0.1, 0.15) is 25.3 Å². The quantitative estimate of drug-likeness (QED) is 0.588. The van der Waals surface area contributed by atoms with Gasteiger partial charge in [-0.15, -0.1) is 0 Å². The SMILES string of the molecule is CCCCOC(=O)COc1ccc(CCN)cc1Br. The molecule has 0 unspecified atom stereocenters. The molecule has 1 aromatic rings. The fourth-order valence-electron chi connectivity index (χ4n) is 1.49. The van der Waals surface area contributed by atoms with Crippen LogP contribution in [-0.2, 0) is 16.0 Å². The van der Waals surface area contributed by atoms with Gasteiger partial charge >= 0.3 is 5.97 Å². The minimum atomic E-state index is -0.341. The van der Waals surface area contributed by atoms with Gasteiger partial charge in [0.2, 0.25) is 0 Å². The summed E-state index contributed by atoms with van der Waals surface area (Å²) in [5.41, 5.74) is 6.63. The lowest BCUT2D eigenvalue weighted by Gasteiger charge is -2.09. The summed E-state index contributed by atoms with van der Waals surface area (Å²) in [4.78, 5) is 11.4. The molecular weight excluding hydrogens is 310 g/mol. The molecule has 0 aliphatic rings. The van der Waals surface area contributed by atoms with Gasteiger partial charge in [-0.05, 0) is 53.0 Å². The smallest absolute Gasteiger partial charge is 0.344 e. The molecule has 0 fully saturated rings. The summed E-state index contributed by atoms with van der Waals surface area (Å²) in [7, 11) is 0. The van der Waals surface area contributed by atoms with Crippen LogP contribution in [-0.4, -0.2) is 25.7 Å². The van der Waals surface area contributed by atoms with Crippen LogP contribution in [0, 0.1) is 0 Å². The molecule has 0 amide bonds. The van der Waals surface area contributed by atoms with Crippen molar-refractivity contribution in [3.8, 4) is 5.75 Å². The van der Waals surface area contributed by atoms with Crippen molar-refractivity contribution in [2.24, 2.45) is 5.73 Å². The van der Waals surface area contributed by atoms with Crippen LogP contribution in [0.3, 0.4) is 0 Å². The second-order valence-corrected chi connectivity index (χ2v) is 5.02. The van der Waals surface area contributed by atoms with Crippen molar-refractivity contribution < 1.29 is 14.3 Å². The predicted molar refractivity (Wildman–Crippen MR) is 78.3 cm³/mol. The van der Waals surface area contributed by atoms with Crippen LogP contribution in [0.5, 0.6) is 5.75 Å². The molecule has 0 aliphatic heterocycles. The first-order valence-electron chi connectivity index (χ1n) is 6.44. The van der Waals surface area contributed by atoms with Gasteiger partial charge in [0.25, 0.3) is 0 Å². The monoisotopic (exact) mass is 329 g/mol. The second-order valence-electron chi connectivity index (χ2n) is 4.17. The first-order valence-corrected chi connectivity index (χ1v) is 7.23. The third kappa shape index (κ3) is 6.07. The van der Waals surface area contributed by atoms with Gasteiger partial charge in [0, 0.05) is 0 Å². The van der Waals surface area contributed by atoms with Crippen LogP contribution >= 0.6 is 15.9 Å². The average Bonchev–Trinajstić information content (AvgIpc) is 2.38. The number of benzene rings is 1. The van der Waals surface area contributed by atoms with Crippen LogP contribution in [0.4, 0.5) is 0 Å². The molecule has 2 N–H and O–H groups in total. The summed E-state index contributed by atoms with van der Waals surface area (Å²) >= 11 is 3.41. The van der Waals surface area contributed by atoms with Gasteiger partial charge in [0.15, 0.2) is 6.61 Å². The van der Waals surface area contributed by atoms with E-state index in [1.807, 2.05) is 25.1 Å². The van der Waals surface area contributed by atoms with E-state index in [1.165, 1.54) is 0 Å². The van der Waals surface area contributed by atoms with Gasteiger partial charge in [0.1, 0.15) is 5.75 Å². The van der Waals surface area contributed by atoms with E-state index in [0.29, 0.717) is 18.9 Å². The number of halogens is 1. The molecule has 106 valence electrons. The maximum Gasteiger partial charge on any atom is 0.344 e. The average molecular weight is 330 g/mol. The molecule has 0 spiro atoms.